The number of para-hydroxylation sites is 1. The van der Waals surface area contributed by atoms with Crippen LogP contribution in [0.3, 0.4) is 0 Å². The minimum Gasteiger partial charge on any atom is -0.335 e. The standard InChI is InChI=1S/C13H13FN4S/c1-9(7-17-6-5-15-8-17)18-11-4-2-3-10(14)12(11)16-13(18)19/h2-6,8-9H,7H2,1H3,(H,16,19). The Hall–Kier alpha value is -1.95. The number of rotatable bonds is 3. The highest BCUT2D eigenvalue weighted by molar-refractivity contribution is 7.71. The lowest BCUT2D eigenvalue weighted by molar-refractivity contribution is 0.470. The van der Waals surface area contributed by atoms with E-state index in [2.05, 4.69) is 9.97 Å². The van der Waals surface area contributed by atoms with Gasteiger partial charge in [-0.15, -0.1) is 0 Å². The maximum atomic E-state index is 13.7. The molecule has 3 rings (SSSR count). The van der Waals surface area contributed by atoms with Gasteiger partial charge in [-0.25, -0.2) is 9.37 Å². The van der Waals surface area contributed by atoms with Gasteiger partial charge in [0.15, 0.2) is 4.77 Å². The van der Waals surface area contributed by atoms with Crippen molar-refractivity contribution in [1.82, 2.24) is 19.1 Å². The number of hydrogen-bond acceptors (Lipinski definition) is 2. The van der Waals surface area contributed by atoms with Crippen molar-refractivity contribution in [3.8, 4) is 0 Å². The minimum absolute atomic E-state index is 0.109. The van der Waals surface area contributed by atoms with Crippen molar-refractivity contribution in [3.05, 3.63) is 47.5 Å². The Morgan fingerprint density at radius 1 is 1.47 bits per heavy atom. The lowest BCUT2D eigenvalue weighted by Crippen LogP contribution is -2.12. The van der Waals surface area contributed by atoms with Crippen LogP contribution in [0.15, 0.2) is 36.9 Å². The van der Waals surface area contributed by atoms with Gasteiger partial charge in [-0.1, -0.05) is 6.07 Å². The molecule has 0 spiro atoms. The molecule has 2 aromatic heterocycles. The highest BCUT2D eigenvalue weighted by atomic mass is 32.1. The fourth-order valence-electron chi connectivity index (χ4n) is 2.33. The van der Waals surface area contributed by atoms with Crippen LogP contribution in [0.5, 0.6) is 0 Å². The number of nitrogens with one attached hydrogen (secondary N) is 1. The molecule has 3 aromatic rings. The van der Waals surface area contributed by atoms with E-state index >= 15 is 0 Å². The molecule has 6 heteroatoms. The monoisotopic (exact) mass is 276 g/mol. The quantitative estimate of drug-likeness (QED) is 0.745. The summed E-state index contributed by atoms with van der Waals surface area (Å²) in [5.41, 5.74) is 1.25. The smallest absolute Gasteiger partial charge is 0.178 e. The molecule has 0 radical (unpaired) electrons. The molecule has 0 aliphatic rings. The van der Waals surface area contributed by atoms with Crippen LogP contribution in [0.1, 0.15) is 13.0 Å². The summed E-state index contributed by atoms with van der Waals surface area (Å²) in [6.07, 6.45) is 5.39. The van der Waals surface area contributed by atoms with Crippen LogP contribution in [0.4, 0.5) is 4.39 Å². The normalized spacial score (nSPS) is 12.9. The molecular weight excluding hydrogens is 263 g/mol. The van der Waals surface area contributed by atoms with Crippen molar-refractivity contribution in [1.29, 1.82) is 0 Å². The van der Waals surface area contributed by atoms with Crippen molar-refractivity contribution in [2.75, 3.05) is 0 Å². The lowest BCUT2D eigenvalue weighted by atomic mass is 10.2. The number of fused-ring (bicyclic) bond motifs is 1. The first-order valence-corrected chi connectivity index (χ1v) is 6.42. The third-order valence-corrected chi connectivity index (χ3v) is 3.48. The summed E-state index contributed by atoms with van der Waals surface area (Å²) in [5, 5.41) is 0. The number of H-pyrrole nitrogens is 1. The molecule has 1 atom stereocenters. The van der Waals surface area contributed by atoms with Crippen molar-refractivity contribution in [2.24, 2.45) is 0 Å². The molecule has 4 nitrogen and oxygen atoms in total. The molecule has 0 aliphatic carbocycles. The van der Waals surface area contributed by atoms with Crippen LogP contribution in [0.2, 0.25) is 0 Å². The van der Waals surface area contributed by atoms with E-state index < -0.39 is 0 Å². The zero-order chi connectivity index (χ0) is 13.4. The molecule has 1 unspecified atom stereocenters. The average Bonchev–Trinajstić information content (AvgIpc) is 2.96. The van der Waals surface area contributed by atoms with Crippen molar-refractivity contribution in [2.45, 2.75) is 19.5 Å². The van der Waals surface area contributed by atoms with Crippen LogP contribution in [0, 0.1) is 10.6 Å². The van der Waals surface area contributed by atoms with E-state index in [1.165, 1.54) is 6.07 Å². The number of hydrogen-bond donors (Lipinski definition) is 1. The molecule has 98 valence electrons. The number of aromatic amines is 1. The predicted molar refractivity (Wildman–Crippen MR) is 74.0 cm³/mol. The molecular formula is C13H13FN4S. The number of nitrogens with zero attached hydrogens (tertiary/aromatic N) is 3. The molecule has 1 N–H and O–H groups in total. The summed E-state index contributed by atoms with van der Waals surface area (Å²) < 4.78 is 18.2. The first-order chi connectivity index (χ1) is 9.16. The van der Waals surface area contributed by atoms with Gasteiger partial charge in [0, 0.05) is 18.9 Å². The maximum absolute atomic E-state index is 13.7. The molecule has 2 heterocycles. The van der Waals surface area contributed by atoms with E-state index in [-0.39, 0.29) is 11.9 Å². The van der Waals surface area contributed by atoms with Crippen molar-refractivity contribution in [3.63, 3.8) is 0 Å². The van der Waals surface area contributed by atoms with E-state index in [0.29, 0.717) is 10.3 Å². The molecule has 0 fully saturated rings. The topological polar surface area (TPSA) is 38.5 Å². The fourth-order valence-corrected chi connectivity index (χ4v) is 2.71. The van der Waals surface area contributed by atoms with Gasteiger partial charge in [-0.2, -0.15) is 0 Å². The summed E-state index contributed by atoms with van der Waals surface area (Å²) in [6.45, 7) is 2.78. The second-order valence-electron chi connectivity index (χ2n) is 4.54. The summed E-state index contributed by atoms with van der Waals surface area (Å²) in [5.74, 6) is -0.280. The van der Waals surface area contributed by atoms with Crippen molar-refractivity contribution >= 4 is 23.3 Å². The van der Waals surface area contributed by atoms with E-state index in [1.54, 1.807) is 18.6 Å². The number of benzene rings is 1. The first-order valence-electron chi connectivity index (χ1n) is 6.01. The maximum Gasteiger partial charge on any atom is 0.178 e. The Kier molecular flexibility index (Phi) is 2.94. The number of aromatic nitrogens is 4. The van der Waals surface area contributed by atoms with E-state index in [4.69, 9.17) is 12.2 Å². The number of imidazole rings is 2. The van der Waals surface area contributed by atoms with Crippen molar-refractivity contribution < 1.29 is 4.39 Å². The SMILES string of the molecule is CC(Cn1ccnc1)n1c(=S)[nH]c2c(F)cccc21. The van der Waals surface area contributed by atoms with Gasteiger partial charge in [-0.05, 0) is 31.3 Å². The minimum atomic E-state index is -0.280. The molecule has 0 saturated heterocycles. The van der Waals surface area contributed by atoms with Crippen LogP contribution < -0.4 is 0 Å². The second kappa shape index (κ2) is 4.62. The van der Waals surface area contributed by atoms with Gasteiger partial charge in [0.1, 0.15) is 11.3 Å². The van der Waals surface area contributed by atoms with Gasteiger partial charge >= 0.3 is 0 Å². The molecule has 0 bridgehead atoms. The van der Waals surface area contributed by atoms with Gasteiger partial charge in [-0.3, -0.25) is 0 Å². The Labute approximate surface area is 114 Å². The van der Waals surface area contributed by atoms with Crippen LogP contribution in [-0.2, 0) is 6.54 Å². The third kappa shape index (κ3) is 2.08. The van der Waals surface area contributed by atoms with E-state index in [1.807, 2.05) is 28.3 Å². The largest absolute Gasteiger partial charge is 0.335 e. The zero-order valence-corrected chi connectivity index (χ0v) is 11.2. The third-order valence-electron chi connectivity index (χ3n) is 3.18. The number of halogens is 1. The van der Waals surface area contributed by atoms with E-state index in [0.717, 1.165) is 12.1 Å². The Bertz CT molecular complexity index is 757. The summed E-state index contributed by atoms with van der Waals surface area (Å²) in [7, 11) is 0. The summed E-state index contributed by atoms with van der Waals surface area (Å²) in [4.78, 5) is 6.95. The van der Waals surface area contributed by atoms with Gasteiger partial charge in [0.25, 0.3) is 0 Å². The highest BCUT2D eigenvalue weighted by Gasteiger charge is 2.13. The van der Waals surface area contributed by atoms with E-state index in [9.17, 15) is 4.39 Å². The zero-order valence-electron chi connectivity index (χ0n) is 10.4. The summed E-state index contributed by atoms with van der Waals surface area (Å²) >= 11 is 5.30. The molecule has 0 amide bonds. The Morgan fingerprint density at radius 3 is 3.05 bits per heavy atom. The highest BCUT2D eigenvalue weighted by Crippen LogP contribution is 2.22. The Morgan fingerprint density at radius 2 is 2.32 bits per heavy atom. The fraction of sp³-hybridized carbons (Fsp3) is 0.231. The molecule has 0 saturated carbocycles. The van der Waals surface area contributed by atoms with Gasteiger partial charge in [0.2, 0.25) is 0 Å². The molecule has 1 aromatic carbocycles. The average molecular weight is 276 g/mol. The van der Waals surface area contributed by atoms with Gasteiger partial charge in [0.05, 0.1) is 17.9 Å². The molecule has 19 heavy (non-hydrogen) atoms. The summed E-state index contributed by atoms with van der Waals surface area (Å²) in [6, 6.07) is 5.10. The van der Waals surface area contributed by atoms with Crippen LogP contribution in [-0.4, -0.2) is 19.1 Å². The predicted octanol–water partition coefficient (Wildman–Crippen LogP) is 3.30. The van der Waals surface area contributed by atoms with Crippen LogP contribution in [0.25, 0.3) is 11.0 Å². The first kappa shape index (κ1) is 12.1. The van der Waals surface area contributed by atoms with Gasteiger partial charge < -0.3 is 14.1 Å². The molecule has 0 aliphatic heterocycles. The Balaban J connectivity index is 2.07. The second-order valence-corrected chi connectivity index (χ2v) is 4.93. The van der Waals surface area contributed by atoms with Crippen LogP contribution >= 0.6 is 12.2 Å². The lowest BCUT2D eigenvalue weighted by Gasteiger charge is -2.15.